The van der Waals surface area contributed by atoms with Gasteiger partial charge in [0.25, 0.3) is 10.2 Å². The zero-order valence-electron chi connectivity index (χ0n) is 10.2. The van der Waals surface area contributed by atoms with E-state index in [4.69, 9.17) is 0 Å². The van der Waals surface area contributed by atoms with Gasteiger partial charge in [0, 0.05) is 13.6 Å². The molecular weight excluding hydrogens is 244 g/mol. The smallest absolute Gasteiger partial charge is 0.310 e. The molecule has 3 N–H and O–H groups in total. The van der Waals surface area contributed by atoms with Crippen LogP contribution in [0, 0.1) is 11.3 Å². The molecular formula is C10H20N2O4S. The van der Waals surface area contributed by atoms with E-state index in [1.807, 2.05) is 0 Å². The Morgan fingerprint density at radius 2 is 1.94 bits per heavy atom. The molecule has 6 nitrogen and oxygen atoms in total. The largest absolute Gasteiger partial charge is 0.481 e. The van der Waals surface area contributed by atoms with Crippen molar-refractivity contribution in [2.45, 2.75) is 32.6 Å². The fraction of sp³-hybridized carbons (Fsp3) is 0.900. The van der Waals surface area contributed by atoms with Gasteiger partial charge in [0.05, 0.1) is 5.41 Å². The van der Waals surface area contributed by atoms with Gasteiger partial charge in [-0.3, -0.25) is 4.79 Å². The zero-order chi connectivity index (χ0) is 13.1. The van der Waals surface area contributed by atoms with Crippen LogP contribution in [0.1, 0.15) is 32.6 Å². The van der Waals surface area contributed by atoms with E-state index in [0.717, 1.165) is 12.8 Å². The van der Waals surface area contributed by atoms with Crippen LogP contribution in [-0.4, -0.2) is 33.1 Å². The third-order valence-corrected chi connectivity index (χ3v) is 4.62. The second-order valence-electron chi connectivity index (χ2n) is 4.80. The van der Waals surface area contributed by atoms with E-state index in [-0.39, 0.29) is 6.54 Å². The molecule has 0 spiro atoms. The van der Waals surface area contributed by atoms with Crippen LogP contribution in [-0.2, 0) is 15.0 Å². The lowest BCUT2D eigenvalue weighted by Gasteiger charge is -2.35. The molecule has 7 heteroatoms. The van der Waals surface area contributed by atoms with Gasteiger partial charge in [0.2, 0.25) is 0 Å². The second kappa shape index (κ2) is 5.32. The number of hydrogen-bond donors (Lipinski definition) is 3. The molecule has 1 saturated carbocycles. The van der Waals surface area contributed by atoms with Crippen LogP contribution >= 0.6 is 0 Å². The molecule has 1 fully saturated rings. The molecule has 0 unspecified atom stereocenters. The van der Waals surface area contributed by atoms with Crippen molar-refractivity contribution in [2.24, 2.45) is 11.3 Å². The summed E-state index contributed by atoms with van der Waals surface area (Å²) in [6.45, 7) is 2.04. The SMILES string of the molecule is CNS(=O)(=O)NCC1(C(=O)O)CCC(C)CC1. The van der Waals surface area contributed by atoms with E-state index in [2.05, 4.69) is 16.4 Å². The van der Waals surface area contributed by atoms with Crippen molar-refractivity contribution in [2.75, 3.05) is 13.6 Å². The van der Waals surface area contributed by atoms with Crippen LogP contribution in [0.5, 0.6) is 0 Å². The van der Waals surface area contributed by atoms with Crippen LogP contribution in [0.25, 0.3) is 0 Å². The Labute approximate surface area is 102 Å². The van der Waals surface area contributed by atoms with Crippen molar-refractivity contribution < 1.29 is 18.3 Å². The third-order valence-electron chi connectivity index (χ3n) is 3.55. The average Bonchev–Trinajstić information content (AvgIpc) is 2.28. The average molecular weight is 264 g/mol. The zero-order valence-corrected chi connectivity index (χ0v) is 11.0. The maximum Gasteiger partial charge on any atom is 0.310 e. The topological polar surface area (TPSA) is 95.5 Å². The minimum atomic E-state index is -3.57. The van der Waals surface area contributed by atoms with Crippen LogP contribution in [0.2, 0.25) is 0 Å². The summed E-state index contributed by atoms with van der Waals surface area (Å²) in [6.07, 6.45) is 2.70. The number of nitrogens with one attached hydrogen (secondary N) is 2. The van der Waals surface area contributed by atoms with Gasteiger partial charge in [-0.2, -0.15) is 8.42 Å². The Bertz CT molecular complexity index is 372. The van der Waals surface area contributed by atoms with Gasteiger partial charge < -0.3 is 5.11 Å². The van der Waals surface area contributed by atoms with Gasteiger partial charge in [-0.15, -0.1) is 0 Å². The first kappa shape index (κ1) is 14.4. The van der Waals surface area contributed by atoms with Gasteiger partial charge in [-0.1, -0.05) is 6.92 Å². The fourth-order valence-electron chi connectivity index (χ4n) is 2.09. The summed E-state index contributed by atoms with van der Waals surface area (Å²) in [5.74, 6) is -0.397. The number of carboxylic acid groups (broad SMARTS) is 1. The van der Waals surface area contributed by atoms with Gasteiger partial charge in [-0.25, -0.2) is 9.44 Å². The standard InChI is InChI=1S/C10H20N2O4S/c1-8-3-5-10(6-4-8,9(13)14)7-12-17(15,16)11-2/h8,11-12H,3-7H2,1-2H3,(H,13,14). The molecule has 0 aromatic heterocycles. The maximum absolute atomic E-state index is 11.3. The summed E-state index contributed by atoms with van der Waals surface area (Å²) in [4.78, 5) is 11.3. The van der Waals surface area contributed by atoms with Crippen molar-refractivity contribution in [1.29, 1.82) is 0 Å². The number of hydrogen-bond acceptors (Lipinski definition) is 3. The molecule has 0 aliphatic heterocycles. The maximum atomic E-state index is 11.3. The van der Waals surface area contributed by atoms with Gasteiger partial charge in [0.1, 0.15) is 0 Å². The predicted molar refractivity (Wildman–Crippen MR) is 63.7 cm³/mol. The van der Waals surface area contributed by atoms with E-state index in [0.29, 0.717) is 18.8 Å². The first-order chi connectivity index (χ1) is 7.81. The van der Waals surface area contributed by atoms with Crippen molar-refractivity contribution in [3.8, 4) is 0 Å². The molecule has 0 saturated heterocycles. The van der Waals surface area contributed by atoms with Crippen molar-refractivity contribution >= 4 is 16.2 Å². The number of carbonyl (C=O) groups is 1. The van der Waals surface area contributed by atoms with E-state index in [9.17, 15) is 18.3 Å². The number of carboxylic acids is 1. The highest BCUT2D eigenvalue weighted by Crippen LogP contribution is 2.38. The monoisotopic (exact) mass is 264 g/mol. The number of aliphatic carboxylic acids is 1. The lowest BCUT2D eigenvalue weighted by Crippen LogP contribution is -2.47. The summed E-state index contributed by atoms with van der Waals surface area (Å²) in [6, 6.07) is 0. The lowest BCUT2D eigenvalue weighted by atomic mass is 9.71. The van der Waals surface area contributed by atoms with Crippen LogP contribution in [0.3, 0.4) is 0 Å². The Kier molecular flexibility index (Phi) is 4.51. The van der Waals surface area contributed by atoms with Crippen LogP contribution < -0.4 is 9.44 Å². The second-order valence-corrected chi connectivity index (χ2v) is 6.50. The lowest BCUT2D eigenvalue weighted by molar-refractivity contribution is -0.151. The highest BCUT2D eigenvalue weighted by atomic mass is 32.2. The Balaban J connectivity index is 2.71. The molecule has 0 bridgehead atoms. The first-order valence-corrected chi connectivity index (χ1v) is 7.21. The quantitative estimate of drug-likeness (QED) is 0.666. The predicted octanol–water partition coefficient (Wildman–Crippen LogP) is 0.321. The third kappa shape index (κ3) is 3.65. The summed E-state index contributed by atoms with van der Waals surface area (Å²) in [7, 11) is -2.28. The van der Waals surface area contributed by atoms with Gasteiger partial charge in [-0.05, 0) is 31.6 Å². The van der Waals surface area contributed by atoms with Crippen LogP contribution in [0.4, 0.5) is 0 Å². The van der Waals surface area contributed by atoms with Gasteiger partial charge >= 0.3 is 5.97 Å². The molecule has 100 valence electrons. The molecule has 0 radical (unpaired) electrons. The molecule has 0 amide bonds. The van der Waals surface area contributed by atoms with Crippen LogP contribution in [0.15, 0.2) is 0 Å². The molecule has 17 heavy (non-hydrogen) atoms. The normalized spacial score (nSPS) is 30.1. The van der Waals surface area contributed by atoms with E-state index in [1.54, 1.807) is 0 Å². The van der Waals surface area contributed by atoms with E-state index in [1.165, 1.54) is 7.05 Å². The Morgan fingerprint density at radius 1 is 1.41 bits per heavy atom. The first-order valence-electron chi connectivity index (χ1n) is 5.73. The molecule has 1 aliphatic rings. The van der Waals surface area contributed by atoms with Crippen molar-refractivity contribution in [1.82, 2.24) is 9.44 Å². The van der Waals surface area contributed by atoms with Gasteiger partial charge in [0.15, 0.2) is 0 Å². The number of rotatable bonds is 5. The molecule has 0 aromatic rings. The van der Waals surface area contributed by atoms with E-state index < -0.39 is 21.6 Å². The summed E-state index contributed by atoms with van der Waals surface area (Å²) in [5.41, 5.74) is -0.948. The molecule has 1 rings (SSSR count). The Morgan fingerprint density at radius 3 is 2.35 bits per heavy atom. The van der Waals surface area contributed by atoms with E-state index >= 15 is 0 Å². The van der Waals surface area contributed by atoms with Crippen molar-refractivity contribution in [3.05, 3.63) is 0 Å². The minimum Gasteiger partial charge on any atom is -0.481 e. The van der Waals surface area contributed by atoms with Crippen molar-refractivity contribution in [3.63, 3.8) is 0 Å². The Hall–Kier alpha value is -0.660. The summed E-state index contributed by atoms with van der Waals surface area (Å²) >= 11 is 0. The summed E-state index contributed by atoms with van der Waals surface area (Å²) < 4.78 is 26.9. The highest BCUT2D eigenvalue weighted by Gasteiger charge is 2.41. The molecule has 0 aromatic carbocycles. The molecule has 0 atom stereocenters. The molecule has 1 aliphatic carbocycles. The highest BCUT2D eigenvalue weighted by molar-refractivity contribution is 7.87. The fourth-order valence-corrected chi connectivity index (χ4v) is 2.70. The minimum absolute atomic E-state index is 0.0434. The molecule has 0 heterocycles. The summed E-state index contributed by atoms with van der Waals surface area (Å²) in [5, 5.41) is 9.29.